The van der Waals surface area contributed by atoms with Crippen molar-refractivity contribution in [3.05, 3.63) is 22.4 Å². The van der Waals surface area contributed by atoms with E-state index >= 15 is 4.39 Å². The third-order valence-electron chi connectivity index (χ3n) is 6.53. The summed E-state index contributed by atoms with van der Waals surface area (Å²) in [6.07, 6.45) is 3.99. The van der Waals surface area contributed by atoms with Gasteiger partial charge in [-0.2, -0.15) is 0 Å². The molecule has 12 heteroatoms. The largest absolute Gasteiger partial charge is 0.464 e. The van der Waals surface area contributed by atoms with E-state index in [9.17, 15) is 13.6 Å². The van der Waals surface area contributed by atoms with Gasteiger partial charge in [-0.3, -0.25) is 4.79 Å². The minimum Gasteiger partial charge on any atom is -0.464 e. The number of aryl methyl sites for hydroxylation is 1. The number of aromatic nitrogens is 3. The standard InChI is InChI=1S/C23H32F3N5O3S/c1-15-29-30-20(34-15)13-19(32)27-16-3-7-23(26,8-4-16)9-12-31-10-5-17-18(6-11-31)35-21(28-17)33-14-22(2,24)25/h16H,3-14H2,1-2H3,(H,27,32). The zero-order valence-corrected chi connectivity index (χ0v) is 20.9. The number of halogens is 3. The highest BCUT2D eigenvalue weighted by atomic mass is 32.1. The first kappa shape index (κ1) is 25.9. The van der Waals surface area contributed by atoms with Crippen molar-refractivity contribution in [1.29, 1.82) is 0 Å². The number of alkyl halides is 3. The third-order valence-corrected chi connectivity index (χ3v) is 7.60. The van der Waals surface area contributed by atoms with Crippen LogP contribution >= 0.6 is 11.3 Å². The highest BCUT2D eigenvalue weighted by Crippen LogP contribution is 2.36. The fourth-order valence-corrected chi connectivity index (χ4v) is 5.52. The molecule has 8 nitrogen and oxygen atoms in total. The zero-order chi connectivity index (χ0) is 25.1. The number of amides is 1. The molecule has 0 saturated heterocycles. The Morgan fingerprint density at radius 1 is 1.29 bits per heavy atom. The lowest BCUT2D eigenvalue weighted by Crippen LogP contribution is -2.43. The second-order valence-electron chi connectivity index (χ2n) is 9.68. The summed E-state index contributed by atoms with van der Waals surface area (Å²) in [5, 5.41) is 10.8. The Balaban J connectivity index is 1.17. The van der Waals surface area contributed by atoms with Gasteiger partial charge in [-0.15, -0.1) is 10.2 Å². The van der Waals surface area contributed by atoms with Gasteiger partial charge in [0, 0.05) is 50.8 Å². The highest BCUT2D eigenvalue weighted by molar-refractivity contribution is 7.13. The average molecular weight is 516 g/mol. The van der Waals surface area contributed by atoms with Crippen molar-refractivity contribution in [3.63, 3.8) is 0 Å². The van der Waals surface area contributed by atoms with E-state index in [4.69, 9.17) is 9.15 Å². The van der Waals surface area contributed by atoms with Crippen LogP contribution in [0.2, 0.25) is 0 Å². The molecule has 1 amide bonds. The number of hydrogen-bond donors (Lipinski definition) is 1. The normalized spacial score (nSPS) is 23.5. The van der Waals surface area contributed by atoms with Crippen LogP contribution in [0.1, 0.15) is 61.4 Å². The van der Waals surface area contributed by atoms with Crippen molar-refractivity contribution in [2.24, 2.45) is 0 Å². The van der Waals surface area contributed by atoms with Gasteiger partial charge in [0.1, 0.15) is 12.1 Å². The molecule has 194 valence electrons. The molecule has 35 heavy (non-hydrogen) atoms. The molecule has 0 unspecified atom stereocenters. The minimum absolute atomic E-state index is 0.0338. The van der Waals surface area contributed by atoms with E-state index in [1.165, 1.54) is 11.3 Å². The topological polar surface area (TPSA) is 93.4 Å². The van der Waals surface area contributed by atoms with Gasteiger partial charge in [0.25, 0.3) is 11.1 Å². The maximum atomic E-state index is 15.5. The minimum atomic E-state index is -2.89. The predicted molar refractivity (Wildman–Crippen MR) is 124 cm³/mol. The summed E-state index contributed by atoms with van der Waals surface area (Å²) in [4.78, 5) is 19.9. The molecule has 0 radical (unpaired) electrons. The van der Waals surface area contributed by atoms with E-state index in [2.05, 4.69) is 25.4 Å². The van der Waals surface area contributed by atoms with Gasteiger partial charge >= 0.3 is 0 Å². The van der Waals surface area contributed by atoms with E-state index in [-0.39, 0.29) is 24.3 Å². The van der Waals surface area contributed by atoms with E-state index in [0.717, 1.165) is 37.0 Å². The fraction of sp³-hybridized carbons (Fsp3) is 0.739. The predicted octanol–water partition coefficient (Wildman–Crippen LogP) is 3.67. The van der Waals surface area contributed by atoms with Crippen LogP contribution in [0.15, 0.2) is 4.42 Å². The number of rotatable bonds is 9. The lowest BCUT2D eigenvalue weighted by atomic mass is 9.81. The third kappa shape index (κ3) is 7.63. The lowest BCUT2D eigenvalue weighted by Gasteiger charge is -2.35. The van der Waals surface area contributed by atoms with Crippen molar-refractivity contribution in [2.45, 2.75) is 82.8 Å². The molecule has 1 fully saturated rings. The van der Waals surface area contributed by atoms with Gasteiger partial charge in [-0.1, -0.05) is 11.3 Å². The van der Waals surface area contributed by atoms with Crippen LogP contribution < -0.4 is 10.1 Å². The first-order valence-electron chi connectivity index (χ1n) is 12.1. The summed E-state index contributed by atoms with van der Waals surface area (Å²) < 4.78 is 51.9. The molecule has 0 spiro atoms. The van der Waals surface area contributed by atoms with Gasteiger partial charge < -0.3 is 19.4 Å². The zero-order valence-electron chi connectivity index (χ0n) is 20.1. The van der Waals surface area contributed by atoms with Crippen molar-refractivity contribution in [3.8, 4) is 5.19 Å². The van der Waals surface area contributed by atoms with Crippen LogP contribution in [0.5, 0.6) is 5.19 Å². The first-order chi connectivity index (χ1) is 16.6. The number of fused-ring (bicyclic) bond motifs is 1. The van der Waals surface area contributed by atoms with Crippen molar-refractivity contribution in [1.82, 2.24) is 25.4 Å². The van der Waals surface area contributed by atoms with Gasteiger partial charge in [0.15, 0.2) is 6.61 Å². The summed E-state index contributed by atoms with van der Waals surface area (Å²) in [7, 11) is 0. The Labute approximate surface area is 206 Å². The summed E-state index contributed by atoms with van der Waals surface area (Å²) >= 11 is 1.33. The number of carbonyl (C=O) groups excluding carboxylic acids is 1. The number of nitrogens with one attached hydrogen (secondary N) is 1. The number of hydrogen-bond acceptors (Lipinski definition) is 8. The number of ether oxygens (including phenoxy) is 1. The Kier molecular flexibility index (Phi) is 7.99. The molecule has 4 rings (SSSR count). The molecule has 0 aromatic carbocycles. The van der Waals surface area contributed by atoms with E-state index in [1.54, 1.807) is 6.92 Å². The Morgan fingerprint density at radius 2 is 2.03 bits per heavy atom. The Bertz CT molecular complexity index is 975. The molecule has 1 aliphatic heterocycles. The van der Waals surface area contributed by atoms with E-state index in [0.29, 0.717) is 56.2 Å². The molecular weight excluding hydrogens is 483 g/mol. The Hall–Kier alpha value is -2.21. The van der Waals surface area contributed by atoms with Gasteiger partial charge in [0.05, 0.1) is 5.69 Å². The smallest absolute Gasteiger partial charge is 0.278 e. The van der Waals surface area contributed by atoms with E-state index in [1.807, 2.05) is 0 Å². The van der Waals surface area contributed by atoms with Crippen molar-refractivity contribution < 1.29 is 27.1 Å². The highest BCUT2D eigenvalue weighted by Gasteiger charge is 2.36. The molecular formula is C23H32F3N5O3S. The fourth-order valence-electron chi connectivity index (χ4n) is 4.57. The van der Waals surface area contributed by atoms with Gasteiger partial charge in [0.2, 0.25) is 17.7 Å². The van der Waals surface area contributed by atoms with Crippen LogP contribution in [0, 0.1) is 6.92 Å². The SMILES string of the molecule is Cc1nnc(CC(=O)NC2CCC(F)(CCN3CCc4nc(OCC(C)(F)F)sc4CC3)CC2)o1. The van der Waals surface area contributed by atoms with Crippen molar-refractivity contribution in [2.75, 3.05) is 26.2 Å². The summed E-state index contributed by atoms with van der Waals surface area (Å²) in [6, 6.07) is -0.0419. The number of carbonyl (C=O) groups is 1. The molecule has 0 atom stereocenters. The van der Waals surface area contributed by atoms with Crippen LogP contribution in [0.3, 0.4) is 0 Å². The molecule has 0 bridgehead atoms. The lowest BCUT2D eigenvalue weighted by molar-refractivity contribution is -0.122. The van der Waals surface area contributed by atoms with Crippen LogP contribution in [0.25, 0.3) is 0 Å². The second kappa shape index (κ2) is 10.8. The molecule has 2 aromatic heterocycles. The van der Waals surface area contributed by atoms with Crippen LogP contribution in [0.4, 0.5) is 13.2 Å². The average Bonchev–Trinajstić information content (AvgIpc) is 3.33. The molecule has 1 N–H and O–H groups in total. The number of nitrogens with zero attached hydrogens (tertiary/aromatic N) is 4. The van der Waals surface area contributed by atoms with Crippen LogP contribution in [-0.4, -0.2) is 69.9 Å². The first-order valence-corrected chi connectivity index (χ1v) is 12.9. The monoisotopic (exact) mass is 515 g/mol. The number of thiazole rings is 1. The van der Waals surface area contributed by atoms with Gasteiger partial charge in [-0.05, 0) is 38.5 Å². The van der Waals surface area contributed by atoms with Crippen molar-refractivity contribution >= 4 is 17.2 Å². The second-order valence-corrected chi connectivity index (χ2v) is 10.7. The van der Waals surface area contributed by atoms with Gasteiger partial charge in [-0.25, -0.2) is 18.2 Å². The molecule has 2 aliphatic rings. The summed E-state index contributed by atoms with van der Waals surface area (Å²) in [5.74, 6) is -2.38. The van der Waals surface area contributed by atoms with E-state index < -0.39 is 18.2 Å². The van der Waals surface area contributed by atoms with Crippen LogP contribution in [-0.2, 0) is 24.1 Å². The quantitative estimate of drug-likeness (QED) is 0.545. The molecule has 2 aromatic rings. The summed E-state index contributed by atoms with van der Waals surface area (Å²) in [6.45, 7) is 4.01. The molecule has 1 aliphatic carbocycles. The summed E-state index contributed by atoms with van der Waals surface area (Å²) in [5.41, 5.74) is -0.333. The maximum Gasteiger partial charge on any atom is 0.278 e. The Morgan fingerprint density at radius 3 is 2.71 bits per heavy atom. The molecule has 1 saturated carbocycles. The molecule has 3 heterocycles. The maximum absolute atomic E-state index is 15.5.